The monoisotopic (exact) mass is 337 g/mol. The first kappa shape index (κ1) is 17.2. The van der Waals surface area contributed by atoms with Gasteiger partial charge in [-0.25, -0.2) is 13.1 Å². The molecule has 0 bridgehead atoms. The van der Waals surface area contributed by atoms with Crippen molar-refractivity contribution in [3.63, 3.8) is 0 Å². The van der Waals surface area contributed by atoms with Crippen LogP contribution in [0.1, 0.15) is 25.3 Å². The van der Waals surface area contributed by atoms with Gasteiger partial charge in [-0.1, -0.05) is 12.1 Å². The van der Waals surface area contributed by atoms with Crippen LogP contribution in [0, 0.1) is 0 Å². The van der Waals surface area contributed by atoms with Gasteiger partial charge in [0.2, 0.25) is 10.0 Å². The molecule has 1 N–H and O–H groups in total. The van der Waals surface area contributed by atoms with Crippen molar-refractivity contribution in [2.75, 3.05) is 13.2 Å². The van der Waals surface area contributed by atoms with Gasteiger partial charge < -0.3 is 4.74 Å². The van der Waals surface area contributed by atoms with Crippen molar-refractivity contribution in [3.05, 3.63) is 29.8 Å². The van der Waals surface area contributed by atoms with E-state index in [4.69, 9.17) is 4.74 Å². The number of benzene rings is 1. The Morgan fingerprint density at radius 2 is 1.91 bits per heavy atom. The van der Waals surface area contributed by atoms with Crippen LogP contribution in [0.25, 0.3) is 0 Å². The van der Waals surface area contributed by atoms with E-state index in [2.05, 4.69) is 4.72 Å². The van der Waals surface area contributed by atoms with E-state index >= 15 is 0 Å². The lowest BCUT2D eigenvalue weighted by molar-refractivity contribution is -0.127. The molecule has 124 valence electrons. The average molecular weight is 337 g/mol. The van der Waals surface area contributed by atoms with Gasteiger partial charge in [0.05, 0.1) is 16.9 Å². The third-order valence-corrected chi connectivity index (χ3v) is 4.99. The summed E-state index contributed by atoms with van der Waals surface area (Å²) in [6.45, 7) is 2.57. The molecule has 1 saturated heterocycles. The summed E-state index contributed by atoms with van der Waals surface area (Å²) < 4.78 is 69.0. The van der Waals surface area contributed by atoms with Gasteiger partial charge in [0.25, 0.3) is 0 Å². The molecule has 1 atom stereocenters. The molecule has 8 heteroatoms. The van der Waals surface area contributed by atoms with Gasteiger partial charge in [0, 0.05) is 13.2 Å². The molecule has 22 heavy (non-hydrogen) atoms. The third-order valence-electron chi connectivity index (χ3n) is 3.57. The number of hydrogen-bond donors (Lipinski definition) is 1. The van der Waals surface area contributed by atoms with Crippen LogP contribution in [0.2, 0.25) is 0 Å². The minimum atomic E-state index is -4.31. The Kier molecular flexibility index (Phi) is 4.84. The van der Waals surface area contributed by atoms with Crippen molar-refractivity contribution >= 4 is 10.0 Å². The lowest BCUT2D eigenvalue weighted by Crippen LogP contribution is -2.40. The largest absolute Gasteiger partial charge is 0.393 e. The van der Waals surface area contributed by atoms with E-state index in [0.717, 1.165) is 12.8 Å². The third kappa shape index (κ3) is 4.69. The van der Waals surface area contributed by atoms with Gasteiger partial charge in [-0.3, -0.25) is 0 Å². The molecule has 0 spiro atoms. The van der Waals surface area contributed by atoms with E-state index < -0.39 is 28.2 Å². The van der Waals surface area contributed by atoms with Crippen LogP contribution in [-0.2, 0) is 21.2 Å². The highest BCUT2D eigenvalue weighted by Crippen LogP contribution is 2.25. The summed E-state index contributed by atoms with van der Waals surface area (Å²) in [5.74, 6) is 0. The molecule has 4 nitrogen and oxygen atoms in total. The summed E-state index contributed by atoms with van der Waals surface area (Å²) >= 11 is 0. The van der Waals surface area contributed by atoms with Crippen LogP contribution in [0.4, 0.5) is 13.2 Å². The van der Waals surface area contributed by atoms with E-state index in [1.807, 2.05) is 6.92 Å². The standard InChI is InChI=1S/C14H18F3NO3S/c1-13(7-2-8-21-13)10-18-22(19,20)12-5-3-11(4-6-12)9-14(15,16)17/h3-6,18H,2,7-10H2,1H3/t13-/m1/s1. The molecular weight excluding hydrogens is 319 g/mol. The summed E-state index contributed by atoms with van der Waals surface area (Å²) in [6, 6.07) is 4.72. The molecule has 1 aliphatic rings. The second-order valence-electron chi connectivity index (χ2n) is 5.66. The molecule has 0 unspecified atom stereocenters. The highest BCUT2D eigenvalue weighted by Gasteiger charge is 2.31. The Morgan fingerprint density at radius 1 is 1.27 bits per heavy atom. The van der Waals surface area contributed by atoms with Crippen molar-refractivity contribution in [2.24, 2.45) is 0 Å². The van der Waals surface area contributed by atoms with Crippen molar-refractivity contribution in [1.29, 1.82) is 0 Å². The average Bonchev–Trinajstić information content (AvgIpc) is 2.83. The number of ether oxygens (including phenoxy) is 1. The first-order valence-electron chi connectivity index (χ1n) is 6.89. The second-order valence-corrected chi connectivity index (χ2v) is 7.43. The molecule has 0 aromatic heterocycles. The van der Waals surface area contributed by atoms with Crippen molar-refractivity contribution in [1.82, 2.24) is 4.72 Å². The van der Waals surface area contributed by atoms with Crippen molar-refractivity contribution in [3.8, 4) is 0 Å². The maximum Gasteiger partial charge on any atom is 0.393 e. The molecule has 1 fully saturated rings. The van der Waals surface area contributed by atoms with Gasteiger partial charge in [0.15, 0.2) is 0 Å². The predicted molar refractivity (Wildman–Crippen MR) is 75.0 cm³/mol. The first-order valence-corrected chi connectivity index (χ1v) is 8.37. The van der Waals surface area contributed by atoms with Gasteiger partial charge in [-0.2, -0.15) is 13.2 Å². The van der Waals surface area contributed by atoms with Crippen molar-refractivity contribution in [2.45, 2.75) is 42.9 Å². The molecule has 0 radical (unpaired) electrons. The summed E-state index contributed by atoms with van der Waals surface area (Å²) in [5.41, 5.74) is -0.499. The van der Waals surface area contributed by atoms with Crippen LogP contribution < -0.4 is 4.72 Å². The zero-order valence-corrected chi connectivity index (χ0v) is 12.9. The maximum atomic E-state index is 12.3. The Balaban J connectivity index is 2.03. The Hall–Kier alpha value is -1.12. The van der Waals surface area contributed by atoms with Crippen LogP contribution in [0.5, 0.6) is 0 Å². The molecule has 1 heterocycles. The number of alkyl halides is 3. The summed E-state index contributed by atoms with van der Waals surface area (Å²) in [4.78, 5) is -0.0555. The van der Waals surface area contributed by atoms with Crippen LogP contribution >= 0.6 is 0 Å². The summed E-state index contributed by atoms with van der Waals surface area (Å²) in [7, 11) is -3.76. The summed E-state index contributed by atoms with van der Waals surface area (Å²) in [6.07, 6.45) is -3.75. The molecular formula is C14H18F3NO3S. The quantitative estimate of drug-likeness (QED) is 0.899. The molecule has 2 rings (SSSR count). The smallest absolute Gasteiger partial charge is 0.374 e. The fraction of sp³-hybridized carbons (Fsp3) is 0.571. The highest BCUT2D eigenvalue weighted by atomic mass is 32.2. The van der Waals surface area contributed by atoms with E-state index in [-0.39, 0.29) is 17.0 Å². The number of nitrogens with one attached hydrogen (secondary N) is 1. The van der Waals surface area contributed by atoms with E-state index in [0.29, 0.717) is 6.61 Å². The number of sulfonamides is 1. The van der Waals surface area contributed by atoms with Gasteiger partial charge in [-0.15, -0.1) is 0 Å². The number of hydrogen-bond acceptors (Lipinski definition) is 3. The van der Waals surface area contributed by atoms with Crippen LogP contribution in [0.15, 0.2) is 29.2 Å². The normalized spacial score (nSPS) is 22.9. The predicted octanol–water partition coefficient (Wildman–Crippen LogP) is 2.64. The van der Waals surface area contributed by atoms with Crippen molar-refractivity contribution < 1.29 is 26.3 Å². The van der Waals surface area contributed by atoms with E-state index in [9.17, 15) is 21.6 Å². The fourth-order valence-corrected chi connectivity index (χ4v) is 3.48. The Morgan fingerprint density at radius 3 is 2.41 bits per heavy atom. The SMILES string of the molecule is C[C@]1(CNS(=O)(=O)c2ccc(CC(F)(F)F)cc2)CCCO1. The molecule has 1 aromatic carbocycles. The zero-order chi connectivity index (χ0) is 16.4. The number of halogens is 3. The first-order chi connectivity index (χ1) is 10.1. The molecule has 0 amide bonds. The van der Waals surface area contributed by atoms with E-state index in [1.165, 1.54) is 24.3 Å². The maximum absolute atomic E-state index is 12.3. The Labute approximate surface area is 127 Å². The lowest BCUT2D eigenvalue weighted by atomic mass is 10.0. The Bertz CT molecular complexity index is 605. The van der Waals surface area contributed by atoms with Gasteiger partial charge in [0.1, 0.15) is 0 Å². The van der Waals surface area contributed by atoms with Gasteiger partial charge >= 0.3 is 6.18 Å². The molecule has 1 aromatic rings. The highest BCUT2D eigenvalue weighted by molar-refractivity contribution is 7.89. The zero-order valence-electron chi connectivity index (χ0n) is 12.1. The molecule has 0 saturated carbocycles. The lowest BCUT2D eigenvalue weighted by Gasteiger charge is -2.23. The minimum Gasteiger partial charge on any atom is -0.374 e. The minimum absolute atomic E-state index is 0.0255. The number of rotatable bonds is 5. The van der Waals surface area contributed by atoms with Crippen LogP contribution in [-0.4, -0.2) is 33.3 Å². The fourth-order valence-electron chi connectivity index (χ4n) is 2.33. The van der Waals surface area contributed by atoms with Gasteiger partial charge in [-0.05, 0) is 37.5 Å². The molecule has 1 aliphatic heterocycles. The molecule has 0 aliphatic carbocycles. The topological polar surface area (TPSA) is 55.4 Å². The second kappa shape index (κ2) is 6.17. The van der Waals surface area contributed by atoms with Crippen LogP contribution in [0.3, 0.4) is 0 Å². The van der Waals surface area contributed by atoms with E-state index in [1.54, 1.807) is 0 Å². The summed E-state index contributed by atoms with van der Waals surface area (Å²) in [5, 5.41) is 0.